The van der Waals surface area contributed by atoms with Crippen molar-refractivity contribution >= 4 is 27.5 Å². The van der Waals surface area contributed by atoms with Gasteiger partial charge in [-0.2, -0.15) is 0 Å². The first-order valence-corrected chi connectivity index (χ1v) is 11.6. The lowest BCUT2D eigenvalue weighted by Gasteiger charge is -2.33. The van der Waals surface area contributed by atoms with Crippen LogP contribution >= 0.6 is 0 Å². The Kier molecular flexibility index (Phi) is 7.78. The van der Waals surface area contributed by atoms with Crippen LogP contribution < -0.4 is 10.0 Å². The number of sulfonamides is 1. The number of carbonyl (C=O) groups is 2. The number of nitrogens with one attached hydrogen (secondary N) is 2. The third-order valence-electron chi connectivity index (χ3n) is 4.93. The first-order chi connectivity index (χ1) is 14.8. The highest BCUT2D eigenvalue weighted by atomic mass is 32.2. The van der Waals surface area contributed by atoms with Crippen molar-refractivity contribution in [3.05, 3.63) is 60.2 Å². The van der Waals surface area contributed by atoms with E-state index in [-0.39, 0.29) is 35.8 Å². The van der Waals surface area contributed by atoms with Crippen molar-refractivity contribution in [1.29, 1.82) is 0 Å². The van der Waals surface area contributed by atoms with Gasteiger partial charge in [-0.1, -0.05) is 30.3 Å². The number of hydrogen-bond acceptors (Lipinski definition) is 5. The molecule has 1 atom stereocenters. The van der Waals surface area contributed by atoms with Crippen molar-refractivity contribution in [2.75, 3.05) is 31.6 Å². The molecule has 31 heavy (non-hydrogen) atoms. The predicted octanol–water partition coefficient (Wildman–Crippen LogP) is 2.30. The van der Waals surface area contributed by atoms with Crippen LogP contribution in [0.3, 0.4) is 0 Å². The van der Waals surface area contributed by atoms with Gasteiger partial charge in [-0.15, -0.1) is 0 Å². The molecule has 0 aliphatic carbocycles. The number of anilines is 1. The number of ether oxygens (including phenoxy) is 1. The van der Waals surface area contributed by atoms with Crippen molar-refractivity contribution < 1.29 is 22.7 Å². The fraction of sp³-hybridized carbons (Fsp3) is 0.364. The summed E-state index contributed by atoms with van der Waals surface area (Å²) in [6.07, 6.45) is 0.513. The number of benzene rings is 2. The van der Waals surface area contributed by atoms with E-state index >= 15 is 0 Å². The van der Waals surface area contributed by atoms with E-state index in [1.807, 2.05) is 30.3 Å². The summed E-state index contributed by atoms with van der Waals surface area (Å²) in [5, 5.41) is 2.59. The minimum atomic E-state index is -3.68. The lowest BCUT2D eigenvalue weighted by Crippen LogP contribution is -2.42. The Hall–Kier alpha value is -2.75. The van der Waals surface area contributed by atoms with Crippen LogP contribution in [0, 0.1) is 0 Å². The predicted molar refractivity (Wildman–Crippen MR) is 117 cm³/mol. The normalized spacial score (nSPS) is 16.7. The molecule has 0 bridgehead atoms. The summed E-state index contributed by atoms with van der Waals surface area (Å²) in [6.45, 7) is 3.05. The van der Waals surface area contributed by atoms with Crippen LogP contribution in [0.15, 0.2) is 59.5 Å². The molecule has 2 amide bonds. The molecule has 0 saturated carbocycles. The summed E-state index contributed by atoms with van der Waals surface area (Å²) in [5.74, 6) is -0.239. The van der Waals surface area contributed by atoms with E-state index in [0.717, 1.165) is 5.56 Å². The van der Waals surface area contributed by atoms with Crippen molar-refractivity contribution in [1.82, 2.24) is 9.62 Å². The second kappa shape index (κ2) is 10.5. The van der Waals surface area contributed by atoms with Gasteiger partial charge in [-0.3, -0.25) is 9.59 Å². The number of morpholine rings is 1. The Balaban J connectivity index is 1.45. The minimum Gasteiger partial charge on any atom is -0.370 e. The molecule has 1 heterocycles. The highest BCUT2D eigenvalue weighted by Crippen LogP contribution is 2.22. The molecule has 2 N–H and O–H groups in total. The zero-order valence-electron chi connectivity index (χ0n) is 17.4. The molecule has 0 radical (unpaired) electrons. The molecule has 1 unspecified atom stereocenters. The van der Waals surface area contributed by atoms with Gasteiger partial charge >= 0.3 is 0 Å². The number of carbonyl (C=O) groups excluding carboxylic acids is 2. The average molecular weight is 446 g/mol. The van der Waals surface area contributed by atoms with E-state index < -0.39 is 10.0 Å². The molecule has 2 aromatic rings. The summed E-state index contributed by atoms with van der Waals surface area (Å²) in [6, 6.07) is 15.7. The monoisotopic (exact) mass is 445 g/mol. The van der Waals surface area contributed by atoms with Gasteiger partial charge in [-0.25, -0.2) is 13.1 Å². The fourth-order valence-electron chi connectivity index (χ4n) is 3.35. The maximum Gasteiger partial charge on any atom is 0.240 e. The lowest BCUT2D eigenvalue weighted by atomic mass is 10.1. The van der Waals surface area contributed by atoms with Crippen molar-refractivity contribution in [3.63, 3.8) is 0 Å². The van der Waals surface area contributed by atoms with Gasteiger partial charge in [0.25, 0.3) is 0 Å². The number of hydrogen-bond donors (Lipinski definition) is 2. The highest BCUT2D eigenvalue weighted by molar-refractivity contribution is 7.89. The molecule has 0 aromatic heterocycles. The maximum absolute atomic E-state index is 12.6. The van der Waals surface area contributed by atoms with E-state index in [1.165, 1.54) is 31.2 Å². The minimum absolute atomic E-state index is 0.0110. The summed E-state index contributed by atoms with van der Waals surface area (Å²) < 4.78 is 33.1. The second-order valence-corrected chi connectivity index (χ2v) is 9.08. The standard InChI is InChI=1S/C22H27N3O5S/c1-17(26)24-19-9-11-20(12-10-19)31(28,29)23-13-5-8-22(27)25-14-15-30-21(16-25)18-6-3-2-4-7-18/h2-4,6-7,9-12,21,23H,5,8,13-16H2,1H3,(H,24,26). The summed E-state index contributed by atoms with van der Waals surface area (Å²) in [5.41, 5.74) is 1.56. The van der Waals surface area contributed by atoms with Crippen molar-refractivity contribution in [2.45, 2.75) is 30.8 Å². The molecule has 1 fully saturated rings. The summed E-state index contributed by atoms with van der Waals surface area (Å²) in [4.78, 5) is 25.5. The fourth-order valence-corrected chi connectivity index (χ4v) is 4.43. The van der Waals surface area contributed by atoms with Crippen LogP contribution in [-0.2, 0) is 24.3 Å². The third kappa shape index (κ3) is 6.61. The molecule has 0 spiro atoms. The van der Waals surface area contributed by atoms with E-state index in [1.54, 1.807) is 4.90 Å². The van der Waals surface area contributed by atoms with E-state index in [4.69, 9.17) is 4.74 Å². The molecule has 1 saturated heterocycles. The molecule has 2 aromatic carbocycles. The molecular weight excluding hydrogens is 418 g/mol. The van der Waals surface area contributed by atoms with E-state index in [2.05, 4.69) is 10.0 Å². The van der Waals surface area contributed by atoms with Crippen LogP contribution in [0.1, 0.15) is 31.4 Å². The molecule has 1 aliphatic rings. The topological polar surface area (TPSA) is 105 Å². The maximum atomic E-state index is 12.6. The first-order valence-electron chi connectivity index (χ1n) is 10.2. The zero-order chi connectivity index (χ0) is 22.3. The average Bonchev–Trinajstić information content (AvgIpc) is 2.77. The van der Waals surface area contributed by atoms with Gasteiger partial charge in [-0.05, 0) is 36.2 Å². The zero-order valence-corrected chi connectivity index (χ0v) is 18.2. The highest BCUT2D eigenvalue weighted by Gasteiger charge is 2.25. The first kappa shape index (κ1) is 22.9. The van der Waals surface area contributed by atoms with Gasteiger partial charge in [0.1, 0.15) is 6.10 Å². The summed E-state index contributed by atoms with van der Waals surface area (Å²) >= 11 is 0. The van der Waals surface area contributed by atoms with Gasteiger partial charge in [0.2, 0.25) is 21.8 Å². The van der Waals surface area contributed by atoms with Crippen LogP contribution in [-0.4, -0.2) is 51.4 Å². The number of rotatable bonds is 8. The van der Waals surface area contributed by atoms with Crippen LogP contribution in [0.4, 0.5) is 5.69 Å². The summed E-state index contributed by atoms with van der Waals surface area (Å²) in [7, 11) is -3.68. The van der Waals surface area contributed by atoms with Crippen molar-refractivity contribution in [2.24, 2.45) is 0 Å². The SMILES string of the molecule is CC(=O)Nc1ccc(S(=O)(=O)NCCCC(=O)N2CCOC(c3ccccc3)C2)cc1. The van der Waals surface area contributed by atoms with Crippen LogP contribution in [0.5, 0.6) is 0 Å². The number of amides is 2. The third-order valence-corrected chi connectivity index (χ3v) is 6.41. The molecule has 9 heteroatoms. The van der Waals surface area contributed by atoms with Crippen LogP contribution in [0.2, 0.25) is 0 Å². The quantitative estimate of drug-likeness (QED) is 0.607. The largest absolute Gasteiger partial charge is 0.370 e. The van der Waals surface area contributed by atoms with Crippen LogP contribution in [0.25, 0.3) is 0 Å². The van der Waals surface area contributed by atoms with Gasteiger partial charge in [0.15, 0.2) is 0 Å². The van der Waals surface area contributed by atoms with Gasteiger partial charge in [0, 0.05) is 32.1 Å². The Morgan fingerprint density at radius 2 is 1.81 bits per heavy atom. The Morgan fingerprint density at radius 3 is 2.48 bits per heavy atom. The van der Waals surface area contributed by atoms with E-state index in [9.17, 15) is 18.0 Å². The Labute approximate surface area is 182 Å². The Bertz CT molecular complexity index is 994. The molecule has 1 aliphatic heterocycles. The molecule has 3 rings (SSSR count). The molecular formula is C22H27N3O5S. The lowest BCUT2D eigenvalue weighted by molar-refractivity contribution is -0.139. The van der Waals surface area contributed by atoms with Gasteiger partial charge < -0.3 is 15.0 Å². The second-order valence-electron chi connectivity index (χ2n) is 7.32. The van der Waals surface area contributed by atoms with E-state index in [0.29, 0.717) is 31.8 Å². The van der Waals surface area contributed by atoms with Gasteiger partial charge in [0.05, 0.1) is 18.0 Å². The van der Waals surface area contributed by atoms with Crippen molar-refractivity contribution in [3.8, 4) is 0 Å². The molecule has 8 nitrogen and oxygen atoms in total. The Morgan fingerprint density at radius 1 is 1.10 bits per heavy atom. The number of nitrogens with zero attached hydrogens (tertiary/aromatic N) is 1. The smallest absolute Gasteiger partial charge is 0.240 e. The molecule has 166 valence electrons.